The molecular formula is C22H31N3O2S. The highest BCUT2D eigenvalue weighted by Gasteiger charge is 2.22. The van der Waals surface area contributed by atoms with Crippen LogP contribution in [-0.4, -0.2) is 40.8 Å². The number of pyridine rings is 1. The van der Waals surface area contributed by atoms with Crippen LogP contribution in [0, 0.1) is 19.8 Å². The van der Waals surface area contributed by atoms with E-state index in [9.17, 15) is 4.79 Å². The number of ether oxygens (including phenoxy) is 1. The molecule has 1 aromatic heterocycles. The van der Waals surface area contributed by atoms with Crippen LogP contribution in [0.2, 0.25) is 0 Å². The van der Waals surface area contributed by atoms with Gasteiger partial charge in [0.2, 0.25) is 0 Å². The third-order valence-corrected chi connectivity index (χ3v) is 5.55. The van der Waals surface area contributed by atoms with E-state index >= 15 is 0 Å². The third kappa shape index (κ3) is 5.11. The molecule has 0 bridgehead atoms. The normalized spacial score (nSPS) is 16.7. The summed E-state index contributed by atoms with van der Waals surface area (Å²) in [5, 5.41) is 5.11. The zero-order valence-corrected chi connectivity index (χ0v) is 18.1. The van der Waals surface area contributed by atoms with Gasteiger partial charge in [0.05, 0.1) is 12.6 Å². The minimum absolute atomic E-state index is 0.0542. The highest BCUT2D eigenvalue weighted by molar-refractivity contribution is 7.80. The fraction of sp³-hybridized carbons (Fsp3) is 0.545. The first-order chi connectivity index (χ1) is 13.3. The Bertz CT molecular complexity index is 901. The lowest BCUT2D eigenvalue weighted by Gasteiger charge is -2.28. The largest absolute Gasteiger partial charge is 0.376 e. The van der Waals surface area contributed by atoms with Crippen molar-refractivity contribution in [1.82, 2.24) is 15.2 Å². The lowest BCUT2D eigenvalue weighted by molar-refractivity contribution is 0.0896. The molecule has 0 aliphatic carbocycles. The monoisotopic (exact) mass is 401 g/mol. The summed E-state index contributed by atoms with van der Waals surface area (Å²) in [6.07, 6.45) is 2.29. The molecule has 0 spiro atoms. The summed E-state index contributed by atoms with van der Waals surface area (Å²) in [6, 6.07) is 6.17. The summed E-state index contributed by atoms with van der Waals surface area (Å²) in [6.45, 7) is 11.2. The molecule has 0 amide bonds. The van der Waals surface area contributed by atoms with E-state index in [0.717, 1.165) is 48.0 Å². The van der Waals surface area contributed by atoms with E-state index in [0.29, 0.717) is 24.1 Å². The van der Waals surface area contributed by atoms with E-state index in [1.54, 1.807) is 0 Å². The Morgan fingerprint density at radius 1 is 1.36 bits per heavy atom. The first-order valence-electron chi connectivity index (χ1n) is 10.1. The molecule has 1 aliphatic heterocycles. The zero-order chi connectivity index (χ0) is 20.3. The molecule has 1 aliphatic rings. The average molecular weight is 402 g/mol. The third-order valence-electron chi connectivity index (χ3n) is 5.15. The van der Waals surface area contributed by atoms with Crippen LogP contribution >= 0.6 is 12.2 Å². The van der Waals surface area contributed by atoms with Crippen LogP contribution in [-0.2, 0) is 11.3 Å². The Morgan fingerprint density at radius 3 is 2.82 bits per heavy atom. The fourth-order valence-corrected chi connectivity index (χ4v) is 3.92. The van der Waals surface area contributed by atoms with Gasteiger partial charge in [0.15, 0.2) is 5.11 Å². The van der Waals surface area contributed by atoms with Crippen molar-refractivity contribution < 1.29 is 4.74 Å². The van der Waals surface area contributed by atoms with Gasteiger partial charge in [-0.3, -0.25) is 4.79 Å². The van der Waals surface area contributed by atoms with Crippen molar-refractivity contribution in [3.8, 4) is 0 Å². The Morgan fingerprint density at radius 2 is 2.14 bits per heavy atom. The Balaban J connectivity index is 1.87. The molecule has 0 radical (unpaired) electrons. The number of aryl methyl sites for hydroxylation is 2. The van der Waals surface area contributed by atoms with Crippen LogP contribution < -0.4 is 10.9 Å². The van der Waals surface area contributed by atoms with Crippen molar-refractivity contribution in [3.05, 3.63) is 45.2 Å². The van der Waals surface area contributed by atoms with Crippen molar-refractivity contribution in [2.75, 3.05) is 19.7 Å². The highest BCUT2D eigenvalue weighted by Crippen LogP contribution is 2.20. The molecule has 5 nitrogen and oxygen atoms in total. The lowest BCUT2D eigenvalue weighted by Crippen LogP contribution is -2.44. The van der Waals surface area contributed by atoms with E-state index in [-0.39, 0.29) is 11.7 Å². The molecule has 1 atom stereocenters. The Kier molecular flexibility index (Phi) is 6.73. The molecule has 6 heteroatoms. The number of aromatic nitrogens is 1. The zero-order valence-electron chi connectivity index (χ0n) is 17.3. The Hall–Kier alpha value is -1.92. The number of hydrogen-bond donors (Lipinski definition) is 2. The van der Waals surface area contributed by atoms with Gasteiger partial charge in [-0.25, -0.2) is 0 Å². The summed E-state index contributed by atoms with van der Waals surface area (Å²) in [5.74, 6) is 0.498. The van der Waals surface area contributed by atoms with Crippen LogP contribution in [0.1, 0.15) is 43.4 Å². The number of nitrogens with zero attached hydrogens (tertiary/aromatic N) is 1. The van der Waals surface area contributed by atoms with Gasteiger partial charge in [0.25, 0.3) is 5.56 Å². The van der Waals surface area contributed by atoms with Crippen LogP contribution in [0.25, 0.3) is 10.9 Å². The van der Waals surface area contributed by atoms with E-state index in [1.807, 2.05) is 19.1 Å². The van der Waals surface area contributed by atoms with Crippen molar-refractivity contribution in [3.63, 3.8) is 0 Å². The first kappa shape index (κ1) is 20.8. The number of rotatable bonds is 6. The van der Waals surface area contributed by atoms with Gasteiger partial charge in [-0.05, 0) is 68.1 Å². The van der Waals surface area contributed by atoms with Crippen molar-refractivity contribution in [2.24, 2.45) is 5.92 Å². The summed E-state index contributed by atoms with van der Waals surface area (Å²) in [7, 11) is 0. The van der Waals surface area contributed by atoms with E-state index in [1.165, 1.54) is 5.56 Å². The SMILES string of the molecule is Cc1cc(C)c2cc(CN(CC3CCCO3)C(=S)NCC(C)C)c(=O)[nH]c2c1. The van der Waals surface area contributed by atoms with Crippen LogP contribution in [0.15, 0.2) is 23.0 Å². The van der Waals surface area contributed by atoms with Gasteiger partial charge in [-0.2, -0.15) is 0 Å². The molecule has 1 fully saturated rings. The Labute approximate surface area is 172 Å². The quantitative estimate of drug-likeness (QED) is 0.724. The first-order valence-corrected chi connectivity index (χ1v) is 10.5. The minimum atomic E-state index is -0.0542. The van der Waals surface area contributed by atoms with Crippen LogP contribution in [0.3, 0.4) is 0 Å². The highest BCUT2D eigenvalue weighted by atomic mass is 32.1. The maximum absolute atomic E-state index is 12.7. The predicted molar refractivity (Wildman–Crippen MR) is 119 cm³/mol. The molecule has 0 saturated carbocycles. The standard InChI is InChI=1S/C22H31N3O2S/c1-14(2)11-23-22(28)25(13-18-6-5-7-27-18)12-17-10-19-16(4)8-15(3)9-20(19)24-21(17)26/h8-10,14,18H,5-7,11-13H2,1-4H3,(H,23,28)(H,24,26). The minimum Gasteiger partial charge on any atom is -0.376 e. The molecule has 2 N–H and O–H groups in total. The molecule has 1 aromatic carbocycles. The van der Waals surface area contributed by atoms with Crippen molar-refractivity contribution in [1.29, 1.82) is 0 Å². The molecule has 3 rings (SSSR count). The number of nitrogens with one attached hydrogen (secondary N) is 2. The van der Waals surface area contributed by atoms with Gasteiger partial charge in [-0.15, -0.1) is 0 Å². The van der Waals surface area contributed by atoms with Gasteiger partial charge in [0, 0.05) is 36.2 Å². The average Bonchev–Trinajstić information content (AvgIpc) is 3.13. The number of benzene rings is 1. The van der Waals surface area contributed by atoms with E-state index in [4.69, 9.17) is 17.0 Å². The van der Waals surface area contributed by atoms with Crippen molar-refractivity contribution in [2.45, 2.75) is 53.2 Å². The van der Waals surface area contributed by atoms with Gasteiger partial charge in [-0.1, -0.05) is 19.9 Å². The molecule has 2 heterocycles. The number of H-pyrrole nitrogens is 1. The number of aromatic amines is 1. The van der Waals surface area contributed by atoms with Crippen LogP contribution in [0.5, 0.6) is 0 Å². The fourth-order valence-electron chi connectivity index (χ4n) is 3.70. The van der Waals surface area contributed by atoms with Crippen LogP contribution in [0.4, 0.5) is 0 Å². The molecule has 1 unspecified atom stereocenters. The second-order valence-corrected chi connectivity index (χ2v) is 8.65. The molecule has 1 saturated heterocycles. The maximum Gasteiger partial charge on any atom is 0.253 e. The number of hydrogen-bond acceptors (Lipinski definition) is 3. The smallest absolute Gasteiger partial charge is 0.253 e. The maximum atomic E-state index is 12.7. The second-order valence-electron chi connectivity index (χ2n) is 8.26. The van der Waals surface area contributed by atoms with Gasteiger partial charge in [0.1, 0.15) is 0 Å². The number of fused-ring (bicyclic) bond motifs is 1. The second kappa shape index (κ2) is 9.05. The van der Waals surface area contributed by atoms with Gasteiger partial charge >= 0.3 is 0 Å². The molecule has 28 heavy (non-hydrogen) atoms. The summed E-state index contributed by atoms with van der Waals surface area (Å²) >= 11 is 5.66. The lowest BCUT2D eigenvalue weighted by atomic mass is 10.0. The molecule has 2 aromatic rings. The van der Waals surface area contributed by atoms with E-state index in [2.05, 4.69) is 42.0 Å². The summed E-state index contributed by atoms with van der Waals surface area (Å²) in [4.78, 5) is 17.9. The van der Waals surface area contributed by atoms with Crippen molar-refractivity contribution >= 4 is 28.2 Å². The summed E-state index contributed by atoms with van der Waals surface area (Å²) in [5.41, 5.74) is 3.87. The predicted octanol–water partition coefficient (Wildman–Crippen LogP) is 3.66. The topological polar surface area (TPSA) is 57.4 Å². The number of thiocarbonyl (C=S) groups is 1. The molecular weight excluding hydrogens is 370 g/mol. The summed E-state index contributed by atoms with van der Waals surface area (Å²) < 4.78 is 5.81. The van der Waals surface area contributed by atoms with Gasteiger partial charge < -0.3 is 19.9 Å². The molecule has 152 valence electrons. The van der Waals surface area contributed by atoms with E-state index < -0.39 is 0 Å².